The summed E-state index contributed by atoms with van der Waals surface area (Å²) in [6, 6.07) is 15.7. The number of piperidine rings is 1. The smallest absolute Gasteiger partial charge is 0.0412 e. The highest BCUT2D eigenvalue weighted by molar-refractivity contribution is 7.99. The van der Waals surface area contributed by atoms with E-state index in [1.54, 1.807) is 5.57 Å². The summed E-state index contributed by atoms with van der Waals surface area (Å²) in [5, 5.41) is 0.828. The highest BCUT2D eigenvalue weighted by atomic mass is 35.5. The van der Waals surface area contributed by atoms with Crippen LogP contribution in [0.5, 0.6) is 0 Å². The minimum Gasteiger partial charge on any atom is -0.328 e. The fraction of sp³-hybridized carbons (Fsp3) is 0.440. The number of nitrogens with zero attached hydrogens (tertiary/aromatic N) is 1. The van der Waals surface area contributed by atoms with Gasteiger partial charge in [0.05, 0.1) is 0 Å². The van der Waals surface area contributed by atoms with Crippen LogP contribution in [0.1, 0.15) is 49.7 Å². The average Bonchev–Trinajstić information content (AvgIpc) is 2.74. The van der Waals surface area contributed by atoms with Crippen molar-refractivity contribution in [2.24, 2.45) is 11.7 Å². The lowest BCUT2D eigenvalue weighted by atomic mass is 9.85. The molecule has 0 aromatic heterocycles. The molecule has 1 saturated carbocycles. The summed E-state index contributed by atoms with van der Waals surface area (Å²) in [6.07, 6.45) is 7.35. The summed E-state index contributed by atoms with van der Waals surface area (Å²) >= 11 is 8.27. The van der Waals surface area contributed by atoms with Crippen molar-refractivity contribution in [2.45, 2.75) is 54.4 Å². The molecule has 2 fully saturated rings. The second-order valence-electron chi connectivity index (χ2n) is 8.80. The molecule has 0 bridgehead atoms. The maximum absolute atomic E-state index is 6.40. The van der Waals surface area contributed by atoms with Crippen LogP contribution in [0.25, 0.3) is 5.57 Å². The Kier molecular flexibility index (Phi) is 5.75. The van der Waals surface area contributed by atoms with Gasteiger partial charge in [-0.3, -0.25) is 0 Å². The fourth-order valence-electron chi connectivity index (χ4n) is 5.18. The number of hydrogen-bond acceptors (Lipinski definition) is 3. The molecule has 2 N–H and O–H groups in total. The molecular formula is C25H29ClN2S. The first kappa shape index (κ1) is 19.7. The maximum atomic E-state index is 6.40. The molecule has 3 aliphatic rings. The molecule has 152 valence electrons. The van der Waals surface area contributed by atoms with Gasteiger partial charge >= 0.3 is 0 Å². The van der Waals surface area contributed by atoms with Crippen LogP contribution in [0.2, 0.25) is 5.02 Å². The largest absolute Gasteiger partial charge is 0.328 e. The Labute approximate surface area is 183 Å². The monoisotopic (exact) mass is 424 g/mol. The van der Waals surface area contributed by atoms with Gasteiger partial charge in [0.25, 0.3) is 0 Å². The van der Waals surface area contributed by atoms with Gasteiger partial charge in [0.1, 0.15) is 0 Å². The number of rotatable bonds is 2. The van der Waals surface area contributed by atoms with E-state index in [1.807, 2.05) is 17.8 Å². The van der Waals surface area contributed by atoms with Crippen molar-refractivity contribution in [3.63, 3.8) is 0 Å². The molecule has 1 saturated heterocycles. The van der Waals surface area contributed by atoms with Crippen molar-refractivity contribution in [3.8, 4) is 0 Å². The Morgan fingerprint density at radius 3 is 2.45 bits per heavy atom. The average molecular weight is 425 g/mol. The molecule has 1 aliphatic carbocycles. The van der Waals surface area contributed by atoms with Crippen LogP contribution >= 0.6 is 23.4 Å². The molecule has 0 radical (unpaired) electrons. The molecule has 0 spiro atoms. The molecule has 5 rings (SSSR count). The Balaban J connectivity index is 1.39. The minimum atomic E-state index is 0.445. The lowest BCUT2D eigenvalue weighted by Gasteiger charge is -2.35. The number of nitrogens with two attached hydrogens (primary N) is 1. The van der Waals surface area contributed by atoms with Crippen LogP contribution in [0.3, 0.4) is 0 Å². The number of benzene rings is 2. The first-order valence-corrected chi connectivity index (χ1v) is 12.1. The first-order valence-electron chi connectivity index (χ1n) is 10.9. The molecular weight excluding hydrogens is 396 g/mol. The number of hydrogen-bond donors (Lipinski definition) is 1. The standard InChI is InChI=1S/C25H29ClN2S/c26-19-7-10-24-22(15-19)25(21-3-1-2-4-23(21)29-24)18-11-13-28(14-12-18)16-17-5-8-20(27)9-6-17/h1-4,7,10,15,17,20H,5-6,8-9,11-14,16,27H2/t17-,20-. The van der Waals surface area contributed by atoms with Gasteiger partial charge in [-0.2, -0.15) is 0 Å². The molecule has 0 atom stereocenters. The van der Waals surface area contributed by atoms with E-state index in [-0.39, 0.29) is 0 Å². The van der Waals surface area contributed by atoms with E-state index in [9.17, 15) is 0 Å². The minimum absolute atomic E-state index is 0.445. The van der Waals surface area contributed by atoms with Crippen LogP contribution < -0.4 is 5.73 Å². The second-order valence-corrected chi connectivity index (χ2v) is 10.3. The molecule has 0 unspecified atom stereocenters. The third-order valence-corrected chi connectivity index (χ3v) is 8.20. The molecule has 2 aliphatic heterocycles. The van der Waals surface area contributed by atoms with Gasteiger partial charge < -0.3 is 10.6 Å². The molecule has 2 nitrogen and oxygen atoms in total. The Morgan fingerprint density at radius 2 is 1.66 bits per heavy atom. The molecule has 4 heteroatoms. The second kappa shape index (κ2) is 8.47. The number of fused-ring (bicyclic) bond motifs is 2. The van der Waals surface area contributed by atoms with Crippen molar-refractivity contribution < 1.29 is 0 Å². The quantitative estimate of drug-likeness (QED) is 0.529. The molecule has 2 aromatic rings. The molecule has 29 heavy (non-hydrogen) atoms. The van der Waals surface area contributed by atoms with E-state index in [0.29, 0.717) is 6.04 Å². The van der Waals surface area contributed by atoms with Crippen molar-refractivity contribution in [1.29, 1.82) is 0 Å². The van der Waals surface area contributed by atoms with Gasteiger partial charge in [0.15, 0.2) is 0 Å². The topological polar surface area (TPSA) is 29.3 Å². The van der Waals surface area contributed by atoms with Crippen LogP contribution in [-0.2, 0) is 0 Å². The summed E-state index contributed by atoms with van der Waals surface area (Å²) in [4.78, 5) is 5.39. The molecule has 2 heterocycles. The van der Waals surface area contributed by atoms with Crippen molar-refractivity contribution in [2.75, 3.05) is 19.6 Å². The van der Waals surface area contributed by atoms with Crippen molar-refractivity contribution >= 4 is 28.9 Å². The zero-order valence-electron chi connectivity index (χ0n) is 16.9. The number of halogens is 1. The summed E-state index contributed by atoms with van der Waals surface area (Å²) in [5.74, 6) is 0.843. The van der Waals surface area contributed by atoms with Crippen LogP contribution in [0.4, 0.5) is 0 Å². The SMILES string of the molecule is N[C@H]1CC[C@H](CN2CCC(=C3c4ccccc4Sc4ccc(Cl)cc43)CC2)CC1. The summed E-state index contributed by atoms with van der Waals surface area (Å²) in [6.45, 7) is 3.60. The zero-order chi connectivity index (χ0) is 19.8. The fourth-order valence-corrected chi connectivity index (χ4v) is 6.43. The Morgan fingerprint density at radius 1 is 0.931 bits per heavy atom. The van der Waals surface area contributed by atoms with E-state index in [1.165, 1.54) is 71.8 Å². The highest BCUT2D eigenvalue weighted by Crippen LogP contribution is 2.48. The van der Waals surface area contributed by atoms with Gasteiger partial charge in [-0.25, -0.2) is 0 Å². The van der Waals surface area contributed by atoms with Gasteiger partial charge in [0, 0.05) is 40.5 Å². The van der Waals surface area contributed by atoms with E-state index in [0.717, 1.165) is 23.8 Å². The number of likely N-dealkylation sites (tertiary alicyclic amines) is 1. The molecule has 2 aromatic carbocycles. The maximum Gasteiger partial charge on any atom is 0.0412 e. The zero-order valence-corrected chi connectivity index (χ0v) is 18.4. The van der Waals surface area contributed by atoms with Crippen LogP contribution in [0.15, 0.2) is 57.8 Å². The predicted molar refractivity (Wildman–Crippen MR) is 124 cm³/mol. The summed E-state index contributed by atoms with van der Waals surface area (Å²) in [7, 11) is 0. The lowest BCUT2D eigenvalue weighted by molar-refractivity contribution is 0.185. The van der Waals surface area contributed by atoms with Crippen molar-refractivity contribution in [1.82, 2.24) is 4.90 Å². The van der Waals surface area contributed by atoms with Gasteiger partial charge in [-0.1, -0.05) is 47.1 Å². The summed E-state index contributed by atoms with van der Waals surface area (Å²) in [5.41, 5.74) is 11.8. The lowest BCUT2D eigenvalue weighted by Crippen LogP contribution is -2.37. The normalized spacial score (nSPS) is 24.9. The van der Waals surface area contributed by atoms with E-state index >= 15 is 0 Å². The van der Waals surface area contributed by atoms with E-state index in [2.05, 4.69) is 41.3 Å². The van der Waals surface area contributed by atoms with Crippen molar-refractivity contribution in [3.05, 3.63) is 64.2 Å². The highest BCUT2D eigenvalue weighted by Gasteiger charge is 2.27. The predicted octanol–water partition coefficient (Wildman–Crippen LogP) is 6.22. The van der Waals surface area contributed by atoms with Gasteiger partial charge in [-0.15, -0.1) is 0 Å². The van der Waals surface area contributed by atoms with Crippen LogP contribution in [-0.4, -0.2) is 30.6 Å². The Bertz CT molecular complexity index is 920. The third-order valence-electron chi connectivity index (χ3n) is 6.81. The van der Waals surface area contributed by atoms with Gasteiger partial charge in [-0.05, 0) is 85.4 Å². The van der Waals surface area contributed by atoms with E-state index in [4.69, 9.17) is 17.3 Å². The summed E-state index contributed by atoms with van der Waals surface area (Å²) < 4.78 is 0. The van der Waals surface area contributed by atoms with E-state index < -0.39 is 0 Å². The Hall–Kier alpha value is -1.26. The third kappa shape index (κ3) is 4.16. The van der Waals surface area contributed by atoms with Crippen LogP contribution in [0, 0.1) is 5.92 Å². The molecule has 0 amide bonds. The van der Waals surface area contributed by atoms with Gasteiger partial charge in [0.2, 0.25) is 0 Å². The first-order chi connectivity index (χ1) is 14.2.